The molecule has 0 aromatic carbocycles. The molecule has 2 aromatic rings. The van der Waals surface area contributed by atoms with Gasteiger partial charge in [-0.05, 0) is 11.4 Å². The number of hydrogen-bond donors (Lipinski definition) is 1. The van der Waals surface area contributed by atoms with E-state index in [-0.39, 0.29) is 17.9 Å². The molecular formula is C17H23N3O2S2. The molecule has 0 bridgehead atoms. The third-order valence-electron chi connectivity index (χ3n) is 4.13. The number of carbonyl (C=O) groups is 1. The number of ether oxygens (including phenoxy) is 1. The lowest BCUT2D eigenvalue weighted by Gasteiger charge is -2.29. The molecule has 3 heterocycles. The number of rotatable bonds is 7. The van der Waals surface area contributed by atoms with Crippen molar-refractivity contribution in [2.75, 3.05) is 32.8 Å². The second kappa shape index (κ2) is 8.71. The monoisotopic (exact) mass is 365 g/mol. The number of morpholine rings is 1. The smallest absolute Gasteiger partial charge is 0.224 e. The van der Waals surface area contributed by atoms with Crippen LogP contribution in [0.25, 0.3) is 0 Å². The summed E-state index contributed by atoms with van der Waals surface area (Å²) in [7, 11) is 0. The Morgan fingerprint density at radius 1 is 1.38 bits per heavy atom. The fourth-order valence-electron chi connectivity index (χ4n) is 2.80. The number of amides is 1. The number of carbonyl (C=O) groups excluding carboxylic acids is 1. The van der Waals surface area contributed by atoms with Gasteiger partial charge in [0, 0.05) is 48.4 Å². The van der Waals surface area contributed by atoms with Gasteiger partial charge in [-0.15, -0.1) is 22.7 Å². The lowest BCUT2D eigenvalue weighted by atomic mass is 10.1. The molecule has 0 saturated carbocycles. The molecule has 1 fully saturated rings. The number of hydrogen-bond acceptors (Lipinski definition) is 6. The van der Waals surface area contributed by atoms with E-state index in [0.717, 1.165) is 44.3 Å². The highest BCUT2D eigenvalue weighted by Gasteiger charge is 2.23. The fraction of sp³-hybridized carbons (Fsp3) is 0.529. The minimum Gasteiger partial charge on any atom is -0.379 e. The first kappa shape index (κ1) is 17.5. The first-order valence-corrected chi connectivity index (χ1v) is 10.0. The molecule has 1 saturated heterocycles. The van der Waals surface area contributed by atoms with Crippen molar-refractivity contribution in [2.45, 2.75) is 19.4 Å². The summed E-state index contributed by atoms with van der Waals surface area (Å²) < 4.78 is 5.37. The second-order valence-corrected chi connectivity index (χ2v) is 7.99. The lowest BCUT2D eigenvalue weighted by molar-refractivity contribution is -0.126. The van der Waals surface area contributed by atoms with E-state index < -0.39 is 0 Å². The molecule has 0 radical (unpaired) electrons. The molecule has 2 atom stereocenters. The Hall–Kier alpha value is -1.28. The van der Waals surface area contributed by atoms with E-state index in [1.165, 1.54) is 4.88 Å². The topological polar surface area (TPSA) is 54.5 Å². The van der Waals surface area contributed by atoms with Gasteiger partial charge in [0.1, 0.15) is 5.01 Å². The summed E-state index contributed by atoms with van der Waals surface area (Å²) in [6.07, 6.45) is 2.59. The Morgan fingerprint density at radius 3 is 2.88 bits per heavy atom. The van der Waals surface area contributed by atoms with E-state index >= 15 is 0 Å². The number of nitrogens with one attached hydrogen (secondary N) is 1. The molecule has 5 nitrogen and oxygen atoms in total. The molecule has 0 aliphatic carbocycles. The van der Waals surface area contributed by atoms with Gasteiger partial charge in [-0.3, -0.25) is 9.69 Å². The highest BCUT2D eigenvalue weighted by atomic mass is 32.1. The van der Waals surface area contributed by atoms with Crippen molar-refractivity contribution in [1.29, 1.82) is 0 Å². The van der Waals surface area contributed by atoms with Crippen LogP contribution in [0.15, 0.2) is 29.1 Å². The molecule has 2 aromatic heterocycles. The molecule has 130 valence electrons. The summed E-state index contributed by atoms with van der Waals surface area (Å²) in [5, 5.41) is 8.20. The Balaban J connectivity index is 1.59. The molecule has 0 spiro atoms. The lowest BCUT2D eigenvalue weighted by Crippen LogP contribution is -2.43. The molecule has 1 aliphatic heterocycles. The maximum Gasteiger partial charge on any atom is 0.224 e. The highest BCUT2D eigenvalue weighted by Crippen LogP contribution is 2.23. The largest absolute Gasteiger partial charge is 0.379 e. The van der Waals surface area contributed by atoms with E-state index in [0.29, 0.717) is 0 Å². The molecule has 1 aliphatic rings. The molecule has 24 heavy (non-hydrogen) atoms. The number of thiophene rings is 1. The fourth-order valence-corrected chi connectivity index (χ4v) is 4.25. The van der Waals surface area contributed by atoms with Crippen LogP contribution in [0, 0.1) is 5.92 Å². The number of aromatic nitrogens is 1. The zero-order valence-electron chi connectivity index (χ0n) is 13.8. The Bertz CT molecular complexity index is 610. The van der Waals surface area contributed by atoms with Crippen LogP contribution in [0.5, 0.6) is 0 Å². The van der Waals surface area contributed by atoms with Gasteiger partial charge in [-0.2, -0.15) is 0 Å². The van der Waals surface area contributed by atoms with Gasteiger partial charge in [-0.25, -0.2) is 4.98 Å². The second-order valence-electron chi connectivity index (χ2n) is 6.03. The average molecular weight is 366 g/mol. The maximum absolute atomic E-state index is 12.7. The minimum absolute atomic E-state index is 0.0473. The maximum atomic E-state index is 12.7. The van der Waals surface area contributed by atoms with Crippen LogP contribution >= 0.6 is 22.7 Å². The van der Waals surface area contributed by atoms with Crippen molar-refractivity contribution < 1.29 is 9.53 Å². The van der Waals surface area contributed by atoms with Gasteiger partial charge in [0.05, 0.1) is 19.3 Å². The van der Waals surface area contributed by atoms with Gasteiger partial charge < -0.3 is 10.1 Å². The van der Waals surface area contributed by atoms with E-state index in [1.807, 2.05) is 18.4 Å². The first-order chi connectivity index (χ1) is 11.7. The first-order valence-electron chi connectivity index (χ1n) is 8.24. The van der Waals surface area contributed by atoms with E-state index in [9.17, 15) is 4.79 Å². The van der Waals surface area contributed by atoms with Crippen molar-refractivity contribution in [2.24, 2.45) is 5.92 Å². The predicted molar refractivity (Wildman–Crippen MR) is 97.4 cm³/mol. The molecule has 1 N–H and O–H groups in total. The number of thiazole rings is 1. The minimum atomic E-state index is -0.0525. The summed E-state index contributed by atoms with van der Waals surface area (Å²) in [6, 6.07) is 4.10. The molecule has 7 heteroatoms. The molecule has 1 amide bonds. The quantitative estimate of drug-likeness (QED) is 0.819. The summed E-state index contributed by atoms with van der Waals surface area (Å²) in [6.45, 7) is 6.10. The van der Waals surface area contributed by atoms with E-state index in [4.69, 9.17) is 4.74 Å². The van der Waals surface area contributed by atoms with Crippen molar-refractivity contribution in [3.05, 3.63) is 39.0 Å². The van der Waals surface area contributed by atoms with E-state index in [2.05, 4.69) is 26.6 Å². The molecule has 3 rings (SSSR count). The normalized spacial score (nSPS) is 18.2. The van der Waals surface area contributed by atoms with Crippen molar-refractivity contribution in [3.8, 4) is 0 Å². The van der Waals surface area contributed by atoms with Crippen LogP contribution in [-0.4, -0.2) is 48.6 Å². The Kier molecular flexibility index (Phi) is 6.37. The van der Waals surface area contributed by atoms with Crippen molar-refractivity contribution in [1.82, 2.24) is 15.2 Å². The van der Waals surface area contributed by atoms with Crippen LogP contribution < -0.4 is 5.32 Å². The average Bonchev–Trinajstić information content (AvgIpc) is 3.28. The Morgan fingerprint density at radius 2 is 2.21 bits per heavy atom. The molecule has 2 unspecified atom stereocenters. The van der Waals surface area contributed by atoms with Crippen molar-refractivity contribution in [3.63, 3.8) is 0 Å². The van der Waals surface area contributed by atoms with Crippen LogP contribution in [0.4, 0.5) is 0 Å². The van der Waals surface area contributed by atoms with E-state index in [1.54, 1.807) is 28.9 Å². The summed E-state index contributed by atoms with van der Waals surface area (Å²) >= 11 is 3.31. The van der Waals surface area contributed by atoms with Gasteiger partial charge >= 0.3 is 0 Å². The Labute approximate surface area is 150 Å². The van der Waals surface area contributed by atoms with Gasteiger partial charge in [-0.1, -0.05) is 13.0 Å². The number of nitrogens with zero attached hydrogens (tertiary/aromatic N) is 2. The van der Waals surface area contributed by atoms with Crippen LogP contribution in [0.1, 0.15) is 22.9 Å². The van der Waals surface area contributed by atoms with Crippen LogP contribution in [-0.2, 0) is 16.0 Å². The van der Waals surface area contributed by atoms with Crippen LogP contribution in [0.3, 0.4) is 0 Å². The SMILES string of the molecule is CC(CN1CCOCC1)C(=O)NC(Cc1cccs1)c1nccs1. The summed E-state index contributed by atoms with van der Waals surface area (Å²) in [4.78, 5) is 20.6. The third kappa shape index (κ3) is 4.86. The molecular weight excluding hydrogens is 342 g/mol. The van der Waals surface area contributed by atoms with Gasteiger partial charge in [0.2, 0.25) is 5.91 Å². The predicted octanol–water partition coefficient (Wildman–Crippen LogP) is 2.57. The summed E-state index contributed by atoms with van der Waals surface area (Å²) in [5.74, 6) is 0.0483. The van der Waals surface area contributed by atoms with Crippen molar-refractivity contribution >= 4 is 28.6 Å². The van der Waals surface area contributed by atoms with Crippen LogP contribution in [0.2, 0.25) is 0 Å². The third-order valence-corrected chi connectivity index (χ3v) is 5.92. The van der Waals surface area contributed by atoms with Gasteiger partial charge in [0.15, 0.2) is 0 Å². The zero-order valence-corrected chi connectivity index (χ0v) is 15.4. The zero-order chi connectivity index (χ0) is 16.8. The highest BCUT2D eigenvalue weighted by molar-refractivity contribution is 7.10. The summed E-state index contributed by atoms with van der Waals surface area (Å²) in [5.41, 5.74) is 0. The van der Waals surface area contributed by atoms with Gasteiger partial charge in [0.25, 0.3) is 0 Å². The standard InChI is InChI=1S/C17H23N3O2S2/c1-13(12-20-5-7-22-8-6-20)16(21)19-15(17-18-4-10-24-17)11-14-3-2-9-23-14/h2-4,9-10,13,15H,5-8,11-12H2,1H3,(H,19,21).